The molecule has 0 amide bonds. The molecule has 0 aliphatic heterocycles. The molecule has 0 unspecified atom stereocenters. The van der Waals surface area contributed by atoms with Crippen molar-refractivity contribution >= 4 is 87.4 Å². The molecule has 0 saturated heterocycles. The highest BCUT2D eigenvalue weighted by atomic mass is 16.3. The van der Waals surface area contributed by atoms with Crippen molar-refractivity contribution < 1.29 is 4.42 Å². The van der Waals surface area contributed by atoms with E-state index in [1.54, 1.807) is 0 Å². The fraction of sp³-hybridized carbons (Fsp3) is 0. The standard InChI is InChI=1S/C48H29N3O/c1-3-13-30(14-4-1)49-41-26-23-32(29-38(41)46-43(49)28-25-36-34-18-9-12-22-44(34)52-48(36)46)50-40-21-11-8-19-37(40)45-42(50)27-24-35-33-17-7-10-20-39(33)51(47(35)45)31-15-5-2-6-16-31/h1-29H. The van der Waals surface area contributed by atoms with E-state index < -0.39 is 0 Å². The molecule has 4 heterocycles. The number of para-hydroxylation sites is 5. The monoisotopic (exact) mass is 663 g/mol. The topological polar surface area (TPSA) is 27.9 Å². The molecule has 4 nitrogen and oxygen atoms in total. The molecule has 0 radical (unpaired) electrons. The molecule has 52 heavy (non-hydrogen) atoms. The average Bonchev–Trinajstić information content (AvgIpc) is 3.94. The van der Waals surface area contributed by atoms with Gasteiger partial charge in [-0.1, -0.05) is 97.1 Å². The molecule has 0 saturated carbocycles. The van der Waals surface area contributed by atoms with Crippen molar-refractivity contribution in [3.63, 3.8) is 0 Å². The Labute approximate surface area is 297 Å². The third-order valence-electron chi connectivity index (χ3n) is 11.0. The predicted octanol–water partition coefficient (Wildman–Crippen LogP) is 12.9. The average molecular weight is 664 g/mol. The van der Waals surface area contributed by atoms with Gasteiger partial charge in [0.2, 0.25) is 0 Å². The minimum Gasteiger partial charge on any atom is -0.455 e. The van der Waals surface area contributed by atoms with Crippen LogP contribution in [0.1, 0.15) is 0 Å². The summed E-state index contributed by atoms with van der Waals surface area (Å²) in [4.78, 5) is 0. The van der Waals surface area contributed by atoms with Gasteiger partial charge in [0, 0.05) is 54.8 Å². The summed E-state index contributed by atoms with van der Waals surface area (Å²) >= 11 is 0. The maximum absolute atomic E-state index is 6.70. The minimum atomic E-state index is 0.905. The Morgan fingerprint density at radius 2 is 0.846 bits per heavy atom. The van der Waals surface area contributed by atoms with E-state index in [1.807, 2.05) is 6.07 Å². The lowest BCUT2D eigenvalue weighted by Gasteiger charge is -2.11. The zero-order chi connectivity index (χ0) is 33.9. The van der Waals surface area contributed by atoms with Crippen LogP contribution >= 0.6 is 0 Å². The molecule has 0 N–H and O–H groups in total. The van der Waals surface area contributed by atoms with E-state index in [1.165, 1.54) is 43.6 Å². The summed E-state index contributed by atoms with van der Waals surface area (Å²) < 4.78 is 14.0. The Bertz CT molecular complexity index is 3390. The molecule has 242 valence electrons. The molecule has 4 heteroatoms. The van der Waals surface area contributed by atoms with Crippen molar-refractivity contribution in [3.8, 4) is 17.1 Å². The molecule has 0 fully saturated rings. The van der Waals surface area contributed by atoms with Crippen LogP contribution in [-0.2, 0) is 0 Å². The molecule has 0 aliphatic rings. The van der Waals surface area contributed by atoms with Gasteiger partial charge in [-0.05, 0) is 78.9 Å². The SMILES string of the molecule is c1ccc(-n2c3ccc(-n4c5ccccc5c5c4ccc4c6ccccc6n(-c6ccccc6)c45)cc3c3c4oc5ccccc5c4ccc32)cc1. The Kier molecular flexibility index (Phi) is 5.47. The number of hydrogen-bond acceptors (Lipinski definition) is 1. The van der Waals surface area contributed by atoms with Gasteiger partial charge in [-0.15, -0.1) is 0 Å². The van der Waals surface area contributed by atoms with Crippen molar-refractivity contribution in [2.75, 3.05) is 0 Å². The quantitative estimate of drug-likeness (QED) is 0.185. The molecule has 8 aromatic carbocycles. The normalized spacial score (nSPS) is 12.2. The smallest absolute Gasteiger partial charge is 0.145 e. The van der Waals surface area contributed by atoms with Crippen LogP contribution < -0.4 is 0 Å². The lowest BCUT2D eigenvalue weighted by atomic mass is 10.1. The highest BCUT2D eigenvalue weighted by Gasteiger charge is 2.23. The van der Waals surface area contributed by atoms with Crippen LogP contribution in [-0.4, -0.2) is 13.7 Å². The van der Waals surface area contributed by atoms with Gasteiger partial charge in [0.05, 0.1) is 38.5 Å². The van der Waals surface area contributed by atoms with Gasteiger partial charge in [-0.25, -0.2) is 0 Å². The molecule has 12 rings (SSSR count). The summed E-state index contributed by atoms with van der Waals surface area (Å²) in [6.07, 6.45) is 0. The van der Waals surface area contributed by atoms with Gasteiger partial charge in [0.25, 0.3) is 0 Å². The van der Waals surface area contributed by atoms with E-state index in [4.69, 9.17) is 4.42 Å². The van der Waals surface area contributed by atoms with Crippen molar-refractivity contribution in [3.05, 3.63) is 176 Å². The van der Waals surface area contributed by atoms with E-state index in [2.05, 4.69) is 184 Å². The fourth-order valence-electron chi connectivity index (χ4n) is 8.90. The third-order valence-corrected chi connectivity index (χ3v) is 11.0. The number of nitrogens with zero attached hydrogens (tertiary/aromatic N) is 3. The van der Waals surface area contributed by atoms with Crippen LogP contribution in [0.25, 0.3) is 104 Å². The number of benzene rings is 8. The minimum absolute atomic E-state index is 0.905. The Balaban J connectivity index is 1.23. The van der Waals surface area contributed by atoms with E-state index in [0.29, 0.717) is 0 Å². The van der Waals surface area contributed by atoms with Crippen LogP contribution in [0.4, 0.5) is 0 Å². The zero-order valence-electron chi connectivity index (χ0n) is 28.0. The Hall–Kier alpha value is -7.04. The van der Waals surface area contributed by atoms with Crippen LogP contribution in [0.5, 0.6) is 0 Å². The lowest BCUT2D eigenvalue weighted by Crippen LogP contribution is -1.96. The second kappa shape index (κ2) is 10.3. The summed E-state index contributed by atoms with van der Waals surface area (Å²) in [6, 6.07) is 63.4. The first-order valence-electron chi connectivity index (χ1n) is 17.8. The van der Waals surface area contributed by atoms with Crippen molar-refractivity contribution in [2.45, 2.75) is 0 Å². The number of fused-ring (bicyclic) bond motifs is 14. The Morgan fingerprint density at radius 1 is 0.308 bits per heavy atom. The van der Waals surface area contributed by atoms with Crippen LogP contribution in [0.2, 0.25) is 0 Å². The molecule has 0 spiro atoms. The van der Waals surface area contributed by atoms with Crippen LogP contribution in [0.3, 0.4) is 0 Å². The van der Waals surface area contributed by atoms with Gasteiger partial charge in [0.15, 0.2) is 0 Å². The van der Waals surface area contributed by atoms with E-state index in [0.717, 1.165) is 60.8 Å². The molecule has 0 bridgehead atoms. The van der Waals surface area contributed by atoms with E-state index >= 15 is 0 Å². The summed E-state index contributed by atoms with van der Waals surface area (Å²) in [5, 5.41) is 9.54. The second-order valence-electron chi connectivity index (χ2n) is 13.7. The molecule has 12 aromatic rings. The van der Waals surface area contributed by atoms with Gasteiger partial charge in [-0.2, -0.15) is 0 Å². The number of furan rings is 1. The van der Waals surface area contributed by atoms with Crippen LogP contribution in [0, 0.1) is 0 Å². The largest absolute Gasteiger partial charge is 0.455 e. The summed E-state index contributed by atoms with van der Waals surface area (Å²) in [6.45, 7) is 0. The summed E-state index contributed by atoms with van der Waals surface area (Å²) in [7, 11) is 0. The van der Waals surface area contributed by atoms with Crippen molar-refractivity contribution in [2.24, 2.45) is 0 Å². The fourth-order valence-corrected chi connectivity index (χ4v) is 8.90. The number of rotatable bonds is 3. The van der Waals surface area contributed by atoms with Crippen molar-refractivity contribution in [1.29, 1.82) is 0 Å². The molecular weight excluding hydrogens is 635 g/mol. The van der Waals surface area contributed by atoms with E-state index in [9.17, 15) is 0 Å². The van der Waals surface area contributed by atoms with Gasteiger partial charge in [-0.3, -0.25) is 0 Å². The third kappa shape index (κ3) is 3.60. The molecule has 0 aliphatic carbocycles. The number of aromatic nitrogens is 3. The summed E-state index contributed by atoms with van der Waals surface area (Å²) in [5.41, 5.74) is 12.3. The first-order chi connectivity index (χ1) is 25.8. The second-order valence-corrected chi connectivity index (χ2v) is 13.7. The molecule has 0 atom stereocenters. The highest BCUT2D eigenvalue weighted by Crippen LogP contribution is 2.44. The van der Waals surface area contributed by atoms with Gasteiger partial charge in [0.1, 0.15) is 11.2 Å². The van der Waals surface area contributed by atoms with Gasteiger partial charge >= 0.3 is 0 Å². The van der Waals surface area contributed by atoms with Crippen molar-refractivity contribution in [1.82, 2.24) is 13.7 Å². The summed E-state index contributed by atoms with van der Waals surface area (Å²) in [5.74, 6) is 0. The predicted molar refractivity (Wildman–Crippen MR) is 217 cm³/mol. The Morgan fingerprint density at radius 3 is 1.62 bits per heavy atom. The maximum atomic E-state index is 6.70. The highest BCUT2D eigenvalue weighted by molar-refractivity contribution is 6.27. The lowest BCUT2D eigenvalue weighted by molar-refractivity contribution is 0.673. The zero-order valence-corrected chi connectivity index (χ0v) is 28.0. The maximum Gasteiger partial charge on any atom is 0.145 e. The molecule has 4 aromatic heterocycles. The van der Waals surface area contributed by atoms with E-state index in [-0.39, 0.29) is 0 Å². The van der Waals surface area contributed by atoms with Crippen LogP contribution in [0.15, 0.2) is 180 Å². The molecular formula is C48H29N3O. The first-order valence-corrected chi connectivity index (χ1v) is 17.8. The number of hydrogen-bond donors (Lipinski definition) is 0. The van der Waals surface area contributed by atoms with Gasteiger partial charge < -0.3 is 18.1 Å². The first kappa shape index (κ1) is 27.7.